The SMILES string of the molecule is CC.CC.CO.COC(CCn1ccc(=O)[nH]c1=O)COC(=O)c1cccc(C)c1.COC(CCn1ccc(=O)[nH]c1=O)COC(=O)c1ccccc1C.O=C(O)O.O=C(O)O.O=C(OCC1CCC(n2ccc(=O)[nH]c2=O)O1)c1ccc(F)cc1.O=CO. The normalized spacial score (nSPS) is 12.7. The molecule has 4 heterocycles. The molecule has 30 nitrogen and oxygen atoms in total. The zero-order valence-corrected chi connectivity index (χ0v) is 50.4. The number of aromatic amines is 3. The van der Waals surface area contributed by atoms with Crippen LogP contribution in [-0.4, -0.2) is 155 Å². The number of benzene rings is 3. The number of rotatable bonds is 18. The van der Waals surface area contributed by atoms with Gasteiger partial charge in [-0.1, -0.05) is 63.6 Å². The van der Waals surface area contributed by atoms with Crippen LogP contribution >= 0.6 is 0 Å². The number of methoxy groups -OCH3 is 2. The molecule has 31 heteroatoms. The van der Waals surface area contributed by atoms with Gasteiger partial charge in [0.2, 0.25) is 0 Å². The van der Waals surface area contributed by atoms with Gasteiger partial charge in [0.05, 0.1) is 35.0 Å². The Bertz CT molecular complexity index is 3390. The number of carboxylic acid groups (broad SMARTS) is 5. The van der Waals surface area contributed by atoms with E-state index in [1.165, 1.54) is 89.0 Å². The third-order valence-corrected chi connectivity index (χ3v) is 11.0. The van der Waals surface area contributed by atoms with Gasteiger partial charge in [-0.3, -0.25) is 38.7 Å². The second kappa shape index (κ2) is 47.1. The standard InChI is InChI=1S/2C17H20N2O5.C16H15FN2O5.2C2H6.2CH2O3.CH2O2.CH4O/c1-12-4-3-5-13(10-12)16(21)24-11-14(23-2)6-8-19-9-7-15(20)18-17(19)22;1-12-5-3-4-6-14(12)16(21)24-11-13(23-2)7-9-19-10-8-15(20)18-17(19)22;17-11-3-1-10(2-4-11)15(21)23-9-12-5-6-14(24-12)19-8-7-13(20)18-16(19)22;2*1-2;2*2-1(3)4;2-1-3;1-2/h3-5,7,9-10,14H,6,8,11H2,1-2H3,(H,18,20,22);3-6,8,10,13H,7,9,11H2,1-2H3,(H,18,20,22);1-4,7-8,12,14H,5-6,9H2,(H,18,20,22);2*1-2H3;2*(H2,2,3,4);1H,(H,2,3);2H,1H3. The summed E-state index contributed by atoms with van der Waals surface area (Å²) in [5.41, 5.74) is 0.229. The Morgan fingerprint density at radius 1 is 0.607 bits per heavy atom. The first kappa shape index (κ1) is 81.0. The molecule has 3 aromatic heterocycles. The van der Waals surface area contributed by atoms with Crippen molar-refractivity contribution in [3.63, 3.8) is 0 Å². The summed E-state index contributed by atoms with van der Waals surface area (Å²) in [7, 11) is 4.03. The summed E-state index contributed by atoms with van der Waals surface area (Å²) in [6.07, 6.45) is 1.08. The van der Waals surface area contributed by atoms with Crippen LogP contribution < -0.4 is 33.7 Å². The van der Waals surface area contributed by atoms with E-state index >= 15 is 0 Å². The number of carbonyl (C=O) groups excluding carboxylic acids is 3. The highest BCUT2D eigenvalue weighted by Gasteiger charge is 2.28. The van der Waals surface area contributed by atoms with Crippen molar-refractivity contribution in [2.24, 2.45) is 0 Å². The third-order valence-electron chi connectivity index (χ3n) is 11.0. The fraction of sp³-hybridized carbons (Fsp3) is 0.379. The second-order valence-corrected chi connectivity index (χ2v) is 16.9. The van der Waals surface area contributed by atoms with E-state index in [2.05, 4.69) is 15.0 Å². The average Bonchev–Trinajstić information content (AvgIpc) is 3.00. The molecule has 89 heavy (non-hydrogen) atoms. The van der Waals surface area contributed by atoms with Gasteiger partial charge in [0.1, 0.15) is 31.9 Å². The van der Waals surface area contributed by atoms with Crippen LogP contribution in [0.5, 0.6) is 0 Å². The van der Waals surface area contributed by atoms with Gasteiger partial charge in [0.25, 0.3) is 23.2 Å². The van der Waals surface area contributed by atoms with Crippen LogP contribution in [0.25, 0.3) is 0 Å². The zero-order chi connectivity index (χ0) is 68.0. The monoisotopic (exact) mass is 1260 g/mol. The average molecular weight is 1260 g/mol. The van der Waals surface area contributed by atoms with Crippen molar-refractivity contribution >= 4 is 36.7 Å². The minimum atomic E-state index is -1.83. The van der Waals surface area contributed by atoms with Crippen LogP contribution in [0.3, 0.4) is 0 Å². The first-order chi connectivity index (χ1) is 42.4. The Balaban J connectivity index is 0. The summed E-state index contributed by atoms with van der Waals surface area (Å²) >= 11 is 0. The maximum Gasteiger partial charge on any atom is 0.503 e. The Morgan fingerprint density at radius 3 is 1.48 bits per heavy atom. The molecule has 3 aromatic carbocycles. The molecular weight excluding hydrogens is 1180 g/mol. The molecule has 0 bridgehead atoms. The number of hydrogen-bond donors (Lipinski definition) is 9. The van der Waals surface area contributed by atoms with E-state index in [0.717, 1.165) is 18.2 Å². The van der Waals surface area contributed by atoms with Crippen LogP contribution in [0, 0.1) is 19.7 Å². The fourth-order valence-electron chi connectivity index (χ4n) is 6.92. The lowest BCUT2D eigenvalue weighted by Crippen LogP contribution is -2.31. The smallest absolute Gasteiger partial charge is 0.483 e. The molecule has 0 spiro atoms. The summed E-state index contributed by atoms with van der Waals surface area (Å²) in [6, 6.07) is 23.2. The molecule has 6 aromatic rings. The van der Waals surface area contributed by atoms with Gasteiger partial charge in [0.15, 0.2) is 0 Å². The van der Waals surface area contributed by atoms with Gasteiger partial charge in [-0.15, -0.1) is 0 Å². The number of hydrogen-bond acceptors (Lipinski definition) is 19. The molecule has 1 fully saturated rings. The lowest BCUT2D eigenvalue weighted by molar-refractivity contribution is -0.122. The Kier molecular flexibility index (Phi) is 42.8. The Morgan fingerprint density at radius 2 is 1.04 bits per heavy atom. The van der Waals surface area contributed by atoms with E-state index in [4.69, 9.17) is 73.4 Å². The third kappa shape index (κ3) is 34.6. The molecule has 0 saturated carbocycles. The van der Waals surface area contributed by atoms with Crippen LogP contribution in [0.1, 0.15) is 102 Å². The minimum Gasteiger partial charge on any atom is -0.483 e. The highest BCUT2D eigenvalue weighted by Crippen LogP contribution is 2.27. The van der Waals surface area contributed by atoms with Gasteiger partial charge in [0, 0.05) is 71.2 Å². The number of aliphatic hydroxyl groups excluding tert-OH is 1. The van der Waals surface area contributed by atoms with Gasteiger partial charge >= 0.3 is 47.3 Å². The van der Waals surface area contributed by atoms with Crippen molar-refractivity contribution in [1.29, 1.82) is 0 Å². The molecule has 0 radical (unpaired) electrons. The molecule has 1 aliphatic heterocycles. The summed E-state index contributed by atoms with van der Waals surface area (Å²) in [5.74, 6) is -1.82. The number of aliphatic hydroxyl groups is 1. The molecule has 0 amide bonds. The lowest BCUT2D eigenvalue weighted by atomic mass is 10.1. The highest BCUT2D eigenvalue weighted by molar-refractivity contribution is 5.91. The first-order valence-electron chi connectivity index (χ1n) is 26.8. The Hall–Kier alpha value is -10.1. The molecule has 0 aliphatic carbocycles. The minimum absolute atomic E-state index is 0.0326. The topological polar surface area (TPSA) is 444 Å². The van der Waals surface area contributed by atoms with Gasteiger partial charge < -0.3 is 68.2 Å². The largest absolute Gasteiger partial charge is 0.503 e. The molecule has 1 saturated heterocycles. The molecule has 4 unspecified atom stereocenters. The number of nitrogens with zero attached hydrogens (tertiary/aromatic N) is 3. The summed E-state index contributed by atoms with van der Waals surface area (Å²) < 4.78 is 48.8. The van der Waals surface area contributed by atoms with Crippen molar-refractivity contribution in [1.82, 2.24) is 28.7 Å². The van der Waals surface area contributed by atoms with E-state index < -0.39 is 76.0 Å². The van der Waals surface area contributed by atoms with Gasteiger partial charge in [-0.05, 0) is 87.6 Å². The summed E-state index contributed by atoms with van der Waals surface area (Å²) in [6.45, 7) is 12.4. The van der Waals surface area contributed by atoms with Crippen molar-refractivity contribution in [2.45, 2.75) is 105 Å². The van der Waals surface area contributed by atoms with Gasteiger partial charge in [-0.25, -0.2) is 42.7 Å². The van der Waals surface area contributed by atoms with Crippen molar-refractivity contribution in [3.05, 3.63) is 206 Å². The van der Waals surface area contributed by atoms with Crippen LogP contribution in [0.15, 0.2) is 138 Å². The number of carbonyl (C=O) groups is 6. The number of aryl methyl sites for hydroxylation is 4. The number of esters is 3. The molecular formula is C58H77FN6O24. The Labute approximate surface area is 507 Å². The molecule has 7 rings (SSSR count). The van der Waals surface area contributed by atoms with E-state index in [-0.39, 0.29) is 50.2 Å². The van der Waals surface area contributed by atoms with E-state index in [1.54, 1.807) is 30.3 Å². The number of ether oxygens (including phenoxy) is 6. The van der Waals surface area contributed by atoms with Crippen molar-refractivity contribution in [3.8, 4) is 0 Å². The van der Waals surface area contributed by atoms with E-state index in [1.807, 2.05) is 59.7 Å². The highest BCUT2D eigenvalue weighted by atomic mass is 19.1. The zero-order valence-electron chi connectivity index (χ0n) is 50.4. The van der Waals surface area contributed by atoms with Crippen molar-refractivity contribution in [2.75, 3.05) is 41.2 Å². The maximum atomic E-state index is 12.8. The van der Waals surface area contributed by atoms with E-state index in [9.17, 15) is 47.5 Å². The van der Waals surface area contributed by atoms with Crippen LogP contribution in [0.2, 0.25) is 0 Å². The molecule has 4 atom stereocenters. The fourth-order valence-corrected chi connectivity index (χ4v) is 6.92. The number of halogens is 1. The quantitative estimate of drug-likeness (QED) is 0.0302. The number of H-pyrrole nitrogens is 3. The van der Waals surface area contributed by atoms with Crippen LogP contribution in [-0.2, 0) is 46.3 Å². The summed E-state index contributed by atoms with van der Waals surface area (Å²) in [5, 5.41) is 41.8. The molecule has 490 valence electrons. The first-order valence-corrected chi connectivity index (χ1v) is 26.8. The summed E-state index contributed by atoms with van der Waals surface area (Å²) in [4.78, 5) is 136. The predicted octanol–water partition coefficient (Wildman–Crippen LogP) is 5.23. The van der Waals surface area contributed by atoms with Gasteiger partial charge in [-0.2, -0.15) is 0 Å². The second-order valence-electron chi connectivity index (χ2n) is 16.9. The van der Waals surface area contributed by atoms with Crippen LogP contribution in [0.4, 0.5) is 14.0 Å². The van der Waals surface area contributed by atoms with Crippen molar-refractivity contribution < 1.29 is 92.2 Å². The number of nitrogens with one attached hydrogen (secondary N) is 3. The molecule has 1 aliphatic rings. The molecule has 9 N–H and O–H groups in total. The maximum absolute atomic E-state index is 12.8. The number of aromatic nitrogens is 6. The predicted molar refractivity (Wildman–Crippen MR) is 318 cm³/mol. The lowest BCUT2D eigenvalue weighted by Gasteiger charge is -2.16. The van der Waals surface area contributed by atoms with E-state index in [0.29, 0.717) is 49.9 Å².